The van der Waals surface area contributed by atoms with Crippen LogP contribution in [0, 0.1) is 0 Å². The number of hydrogen-bond donors (Lipinski definition) is 1. The Labute approximate surface area is 151 Å². The fraction of sp³-hybridized carbons (Fsp3) is 0.421. The monoisotopic (exact) mass is 351 g/mol. The molecule has 1 aliphatic carbocycles. The number of oxazole rings is 1. The molecule has 7 nitrogen and oxygen atoms in total. The average molecular weight is 351 g/mol. The van der Waals surface area contributed by atoms with Crippen molar-refractivity contribution in [2.75, 3.05) is 26.2 Å². The van der Waals surface area contributed by atoms with Crippen molar-refractivity contribution in [1.82, 2.24) is 24.8 Å². The van der Waals surface area contributed by atoms with E-state index in [9.17, 15) is 4.79 Å². The molecule has 2 fully saturated rings. The molecule has 0 radical (unpaired) electrons. The number of piperazine rings is 1. The number of aromatic amines is 1. The van der Waals surface area contributed by atoms with Crippen LogP contribution in [0.15, 0.2) is 35.1 Å². The second kappa shape index (κ2) is 6.25. The summed E-state index contributed by atoms with van der Waals surface area (Å²) in [5.74, 6) is 2.15. The first kappa shape index (κ1) is 15.6. The molecule has 1 saturated carbocycles. The van der Waals surface area contributed by atoms with Crippen LogP contribution in [-0.2, 0) is 6.54 Å². The molecule has 0 unspecified atom stereocenters. The number of aromatic nitrogens is 3. The maximum Gasteiger partial charge on any atom is 0.276 e. The molecule has 1 N–H and O–H groups in total. The molecule has 134 valence electrons. The molecule has 1 saturated heterocycles. The number of rotatable bonds is 4. The molecule has 3 aromatic rings. The summed E-state index contributed by atoms with van der Waals surface area (Å²) in [5, 5.41) is 0. The molecule has 26 heavy (non-hydrogen) atoms. The molecule has 2 aliphatic rings. The second-order valence-electron chi connectivity index (χ2n) is 7.11. The summed E-state index contributed by atoms with van der Waals surface area (Å²) in [6.07, 6.45) is 3.60. The fourth-order valence-corrected chi connectivity index (χ4v) is 3.60. The van der Waals surface area contributed by atoms with E-state index < -0.39 is 0 Å². The van der Waals surface area contributed by atoms with Gasteiger partial charge in [-0.15, -0.1) is 0 Å². The van der Waals surface area contributed by atoms with Gasteiger partial charge in [0.25, 0.3) is 5.91 Å². The van der Waals surface area contributed by atoms with Crippen LogP contribution in [0.1, 0.15) is 40.8 Å². The number of H-pyrrole nitrogens is 1. The zero-order chi connectivity index (χ0) is 17.5. The van der Waals surface area contributed by atoms with E-state index in [1.807, 2.05) is 29.2 Å². The maximum atomic E-state index is 12.8. The van der Waals surface area contributed by atoms with Gasteiger partial charge in [-0.2, -0.15) is 0 Å². The van der Waals surface area contributed by atoms with E-state index in [0.717, 1.165) is 55.1 Å². The first-order chi connectivity index (χ1) is 12.8. The summed E-state index contributed by atoms with van der Waals surface area (Å²) in [6.45, 7) is 3.85. The first-order valence-corrected chi connectivity index (χ1v) is 9.16. The summed E-state index contributed by atoms with van der Waals surface area (Å²) in [5.41, 5.74) is 2.57. The molecule has 3 heterocycles. The summed E-state index contributed by atoms with van der Waals surface area (Å²) in [6, 6.07) is 8.06. The lowest BCUT2D eigenvalue weighted by Gasteiger charge is -2.34. The summed E-state index contributed by atoms with van der Waals surface area (Å²) < 4.78 is 5.45. The predicted octanol–water partition coefficient (Wildman–Crippen LogP) is 2.39. The van der Waals surface area contributed by atoms with Crippen LogP contribution < -0.4 is 0 Å². The molecule has 7 heteroatoms. The van der Waals surface area contributed by atoms with Gasteiger partial charge in [0.1, 0.15) is 11.6 Å². The SMILES string of the molecule is O=C(c1ncoc1C1CC1)N1CCN(Cc2nc3ccccc3[nH]2)CC1. The molecule has 2 aromatic heterocycles. The molecular formula is C19H21N5O2. The van der Waals surface area contributed by atoms with Crippen molar-refractivity contribution in [3.05, 3.63) is 47.9 Å². The summed E-state index contributed by atoms with van der Waals surface area (Å²) in [7, 11) is 0. The van der Waals surface area contributed by atoms with E-state index >= 15 is 0 Å². The topological polar surface area (TPSA) is 78.3 Å². The van der Waals surface area contributed by atoms with Crippen molar-refractivity contribution in [3.8, 4) is 0 Å². The van der Waals surface area contributed by atoms with Gasteiger partial charge in [-0.25, -0.2) is 9.97 Å². The molecule has 1 aromatic carbocycles. The van der Waals surface area contributed by atoms with Crippen LogP contribution in [0.4, 0.5) is 0 Å². The summed E-state index contributed by atoms with van der Waals surface area (Å²) in [4.78, 5) is 29.2. The van der Waals surface area contributed by atoms with Crippen LogP contribution in [0.5, 0.6) is 0 Å². The smallest absolute Gasteiger partial charge is 0.276 e. The van der Waals surface area contributed by atoms with Gasteiger partial charge in [0, 0.05) is 32.1 Å². The van der Waals surface area contributed by atoms with Crippen LogP contribution in [0.25, 0.3) is 11.0 Å². The molecule has 1 aliphatic heterocycles. The Morgan fingerprint density at radius 3 is 2.77 bits per heavy atom. The van der Waals surface area contributed by atoms with Gasteiger partial charge >= 0.3 is 0 Å². The van der Waals surface area contributed by atoms with Crippen molar-refractivity contribution in [2.45, 2.75) is 25.3 Å². The number of carbonyl (C=O) groups is 1. The third-order valence-electron chi connectivity index (χ3n) is 5.22. The zero-order valence-corrected chi connectivity index (χ0v) is 14.5. The average Bonchev–Trinajstić information content (AvgIpc) is 3.25. The van der Waals surface area contributed by atoms with E-state index in [-0.39, 0.29) is 5.91 Å². The molecular weight excluding hydrogens is 330 g/mol. The lowest BCUT2D eigenvalue weighted by Crippen LogP contribution is -2.48. The van der Waals surface area contributed by atoms with E-state index in [4.69, 9.17) is 4.42 Å². The number of para-hydroxylation sites is 2. The van der Waals surface area contributed by atoms with Crippen molar-refractivity contribution in [1.29, 1.82) is 0 Å². The Balaban J connectivity index is 1.21. The number of benzene rings is 1. The largest absolute Gasteiger partial charge is 0.447 e. The zero-order valence-electron chi connectivity index (χ0n) is 14.5. The number of amides is 1. The second-order valence-corrected chi connectivity index (χ2v) is 7.11. The van der Waals surface area contributed by atoms with E-state index in [1.54, 1.807) is 0 Å². The number of hydrogen-bond acceptors (Lipinski definition) is 5. The Kier molecular flexibility index (Phi) is 3.74. The van der Waals surface area contributed by atoms with Gasteiger partial charge in [-0.05, 0) is 25.0 Å². The van der Waals surface area contributed by atoms with Gasteiger partial charge in [-0.3, -0.25) is 9.69 Å². The van der Waals surface area contributed by atoms with E-state index in [1.165, 1.54) is 6.39 Å². The summed E-state index contributed by atoms with van der Waals surface area (Å²) >= 11 is 0. The Morgan fingerprint density at radius 2 is 2.00 bits per heavy atom. The molecule has 0 spiro atoms. The number of carbonyl (C=O) groups excluding carboxylic acids is 1. The van der Waals surface area contributed by atoms with Gasteiger partial charge in [0.2, 0.25) is 0 Å². The third-order valence-corrected chi connectivity index (χ3v) is 5.22. The lowest BCUT2D eigenvalue weighted by atomic mass is 10.2. The van der Waals surface area contributed by atoms with Crippen LogP contribution in [-0.4, -0.2) is 56.8 Å². The molecule has 0 bridgehead atoms. The first-order valence-electron chi connectivity index (χ1n) is 9.16. The number of fused-ring (bicyclic) bond motifs is 1. The number of nitrogens with zero attached hydrogens (tertiary/aromatic N) is 4. The lowest BCUT2D eigenvalue weighted by molar-refractivity contribution is 0.0618. The quantitative estimate of drug-likeness (QED) is 0.781. The Bertz CT molecular complexity index is 901. The van der Waals surface area contributed by atoms with Crippen LogP contribution in [0.3, 0.4) is 0 Å². The van der Waals surface area contributed by atoms with Crippen molar-refractivity contribution in [2.24, 2.45) is 0 Å². The highest BCUT2D eigenvalue weighted by Crippen LogP contribution is 2.41. The highest BCUT2D eigenvalue weighted by molar-refractivity contribution is 5.93. The molecule has 1 amide bonds. The molecule has 0 atom stereocenters. The van der Waals surface area contributed by atoms with Gasteiger partial charge in [0.15, 0.2) is 12.1 Å². The highest BCUT2D eigenvalue weighted by Gasteiger charge is 2.34. The third kappa shape index (κ3) is 2.88. The van der Waals surface area contributed by atoms with Crippen molar-refractivity contribution < 1.29 is 9.21 Å². The maximum absolute atomic E-state index is 12.8. The minimum atomic E-state index is 0.00374. The normalized spacial score (nSPS) is 18.5. The predicted molar refractivity (Wildman–Crippen MR) is 95.8 cm³/mol. The minimum absolute atomic E-state index is 0.00374. The molecule has 5 rings (SSSR count). The number of imidazole rings is 1. The Hall–Kier alpha value is -2.67. The number of nitrogens with one attached hydrogen (secondary N) is 1. The van der Waals surface area contributed by atoms with Gasteiger partial charge in [0.05, 0.1) is 17.6 Å². The minimum Gasteiger partial charge on any atom is -0.447 e. The van der Waals surface area contributed by atoms with E-state index in [2.05, 4.69) is 19.9 Å². The highest BCUT2D eigenvalue weighted by atomic mass is 16.3. The fourth-order valence-electron chi connectivity index (χ4n) is 3.60. The van der Waals surface area contributed by atoms with Crippen LogP contribution >= 0.6 is 0 Å². The van der Waals surface area contributed by atoms with Gasteiger partial charge in [-0.1, -0.05) is 12.1 Å². The van der Waals surface area contributed by atoms with Gasteiger partial charge < -0.3 is 14.3 Å². The standard InChI is InChI=1S/C19H21N5O2/c25-19(17-18(13-5-6-13)26-12-20-17)24-9-7-23(8-10-24)11-16-21-14-3-1-2-4-15(14)22-16/h1-4,12-13H,5-11H2,(H,21,22). The van der Waals surface area contributed by atoms with Crippen molar-refractivity contribution in [3.63, 3.8) is 0 Å². The van der Waals surface area contributed by atoms with Crippen molar-refractivity contribution >= 4 is 16.9 Å². The Morgan fingerprint density at radius 1 is 1.19 bits per heavy atom. The van der Waals surface area contributed by atoms with E-state index in [0.29, 0.717) is 24.7 Å². The van der Waals surface area contributed by atoms with Crippen LogP contribution in [0.2, 0.25) is 0 Å².